The van der Waals surface area contributed by atoms with Gasteiger partial charge in [-0.25, -0.2) is 4.98 Å². The van der Waals surface area contributed by atoms with Crippen molar-refractivity contribution in [2.45, 2.75) is 44.1 Å². The Bertz CT molecular complexity index is 1110. The van der Waals surface area contributed by atoms with Gasteiger partial charge in [-0.3, -0.25) is 9.78 Å². The lowest BCUT2D eigenvalue weighted by Gasteiger charge is -2.46. The quantitative estimate of drug-likeness (QED) is 0.549. The van der Waals surface area contributed by atoms with Crippen LogP contribution in [0.4, 0.5) is 0 Å². The van der Waals surface area contributed by atoms with Crippen LogP contribution in [0.15, 0.2) is 47.4 Å². The highest BCUT2D eigenvalue weighted by molar-refractivity contribution is 5.79. The van der Waals surface area contributed by atoms with E-state index < -0.39 is 0 Å². The molecule has 3 aromatic rings. The third-order valence-corrected chi connectivity index (χ3v) is 6.84. The molecule has 0 radical (unpaired) electrons. The molecule has 2 aliphatic heterocycles. The van der Waals surface area contributed by atoms with Crippen molar-refractivity contribution in [3.05, 3.63) is 54.3 Å². The molecule has 2 aliphatic rings. The van der Waals surface area contributed by atoms with Crippen LogP contribution >= 0.6 is 0 Å². The molecule has 34 heavy (non-hydrogen) atoms. The number of aromatic nitrogens is 4. The molecule has 2 fully saturated rings. The summed E-state index contributed by atoms with van der Waals surface area (Å²) in [6, 6.07) is 7.70. The molecule has 9 heteroatoms. The Kier molecular flexibility index (Phi) is 6.53. The van der Waals surface area contributed by atoms with Gasteiger partial charge in [0.2, 0.25) is 17.6 Å². The number of rotatable bonds is 6. The van der Waals surface area contributed by atoms with E-state index in [0.717, 1.165) is 43.4 Å². The smallest absolute Gasteiger partial charge is 0.227 e. The highest BCUT2D eigenvalue weighted by Gasteiger charge is 2.41. The van der Waals surface area contributed by atoms with Gasteiger partial charge in [0.1, 0.15) is 11.4 Å². The summed E-state index contributed by atoms with van der Waals surface area (Å²) in [5, 5.41) is 4.06. The van der Waals surface area contributed by atoms with Crippen LogP contribution < -0.4 is 4.74 Å². The Morgan fingerprint density at radius 2 is 2.15 bits per heavy atom. The third kappa shape index (κ3) is 5.09. The van der Waals surface area contributed by atoms with Crippen LogP contribution in [0.3, 0.4) is 0 Å². The molecule has 178 valence electrons. The molecule has 5 rings (SSSR count). The number of carbonyl (C=O) groups excluding carboxylic acids is 1. The number of methoxy groups -OCH3 is 1. The lowest BCUT2D eigenvalue weighted by molar-refractivity contribution is -0.146. The summed E-state index contributed by atoms with van der Waals surface area (Å²) in [6.45, 7) is 2.15. The Labute approximate surface area is 198 Å². The number of amides is 1. The average molecular weight is 464 g/mol. The van der Waals surface area contributed by atoms with E-state index in [1.165, 1.54) is 0 Å². The second-order valence-electron chi connectivity index (χ2n) is 9.11. The van der Waals surface area contributed by atoms with Gasteiger partial charge in [0.05, 0.1) is 25.3 Å². The van der Waals surface area contributed by atoms with Gasteiger partial charge in [0.15, 0.2) is 0 Å². The maximum absolute atomic E-state index is 12.9. The second-order valence-corrected chi connectivity index (χ2v) is 9.11. The molecule has 2 aromatic heterocycles. The number of ether oxygens (including phenoxy) is 2. The first kappa shape index (κ1) is 22.5. The Hall–Kier alpha value is -3.33. The van der Waals surface area contributed by atoms with Gasteiger partial charge in [-0.15, -0.1) is 0 Å². The molecule has 1 aromatic carbocycles. The van der Waals surface area contributed by atoms with Gasteiger partial charge < -0.3 is 18.9 Å². The first-order valence-corrected chi connectivity index (χ1v) is 11.8. The number of benzene rings is 1. The molecule has 0 saturated carbocycles. The van der Waals surface area contributed by atoms with E-state index in [1.54, 1.807) is 25.7 Å². The van der Waals surface area contributed by atoms with E-state index in [-0.39, 0.29) is 11.5 Å². The first-order chi connectivity index (χ1) is 16.6. The van der Waals surface area contributed by atoms with Crippen molar-refractivity contribution in [1.29, 1.82) is 0 Å². The summed E-state index contributed by atoms with van der Waals surface area (Å²) in [4.78, 5) is 27.6. The summed E-state index contributed by atoms with van der Waals surface area (Å²) in [5.41, 5.74) is 1.40. The van der Waals surface area contributed by atoms with Gasteiger partial charge in [-0.1, -0.05) is 17.3 Å². The van der Waals surface area contributed by atoms with Crippen molar-refractivity contribution in [2.75, 3.05) is 26.8 Å². The predicted octanol–water partition coefficient (Wildman–Crippen LogP) is 3.11. The molecule has 1 atom stereocenters. The van der Waals surface area contributed by atoms with Crippen molar-refractivity contribution in [1.82, 2.24) is 25.0 Å². The maximum atomic E-state index is 12.9. The van der Waals surface area contributed by atoms with Gasteiger partial charge in [0.25, 0.3) is 0 Å². The van der Waals surface area contributed by atoms with Crippen LogP contribution in [0.2, 0.25) is 0 Å². The molecule has 0 bridgehead atoms. The van der Waals surface area contributed by atoms with E-state index in [4.69, 9.17) is 14.0 Å². The molecular weight excluding hydrogens is 434 g/mol. The number of hydrogen-bond acceptors (Lipinski definition) is 8. The van der Waals surface area contributed by atoms with E-state index in [0.29, 0.717) is 49.4 Å². The van der Waals surface area contributed by atoms with Crippen molar-refractivity contribution in [2.24, 2.45) is 5.92 Å². The van der Waals surface area contributed by atoms with E-state index >= 15 is 0 Å². The molecule has 2 saturated heterocycles. The highest BCUT2D eigenvalue weighted by Crippen LogP contribution is 2.39. The highest BCUT2D eigenvalue weighted by atomic mass is 16.5. The monoisotopic (exact) mass is 463 g/mol. The molecule has 0 aliphatic carbocycles. The molecule has 9 nitrogen and oxygen atoms in total. The van der Waals surface area contributed by atoms with Crippen molar-refractivity contribution >= 4 is 5.91 Å². The summed E-state index contributed by atoms with van der Waals surface area (Å²) in [5.74, 6) is 2.41. The van der Waals surface area contributed by atoms with Crippen LogP contribution in [0.5, 0.6) is 5.75 Å². The van der Waals surface area contributed by atoms with Gasteiger partial charge in [-0.05, 0) is 49.3 Å². The first-order valence-electron chi connectivity index (χ1n) is 11.8. The second kappa shape index (κ2) is 9.89. The largest absolute Gasteiger partial charge is 0.497 e. The van der Waals surface area contributed by atoms with E-state index in [9.17, 15) is 4.79 Å². The fourth-order valence-corrected chi connectivity index (χ4v) is 4.99. The van der Waals surface area contributed by atoms with Crippen LogP contribution in [-0.4, -0.2) is 63.3 Å². The molecule has 1 amide bonds. The van der Waals surface area contributed by atoms with Gasteiger partial charge in [-0.2, -0.15) is 4.98 Å². The molecule has 0 N–H and O–H groups in total. The van der Waals surface area contributed by atoms with Crippen LogP contribution in [0.25, 0.3) is 11.5 Å². The van der Waals surface area contributed by atoms with Crippen molar-refractivity contribution < 1.29 is 18.8 Å². The summed E-state index contributed by atoms with van der Waals surface area (Å²) < 4.78 is 17.0. The minimum atomic E-state index is -0.177. The maximum Gasteiger partial charge on any atom is 0.227 e. The summed E-state index contributed by atoms with van der Waals surface area (Å²) in [6.07, 6.45) is 9.56. The fourth-order valence-electron chi connectivity index (χ4n) is 4.99. The van der Waals surface area contributed by atoms with Crippen LogP contribution in [0, 0.1) is 5.92 Å². The van der Waals surface area contributed by atoms with Crippen LogP contribution in [0.1, 0.15) is 37.1 Å². The zero-order valence-corrected chi connectivity index (χ0v) is 19.4. The zero-order chi connectivity index (χ0) is 23.4. The van der Waals surface area contributed by atoms with Gasteiger partial charge in [0, 0.05) is 38.5 Å². The number of piperidine rings is 1. The summed E-state index contributed by atoms with van der Waals surface area (Å²) >= 11 is 0. The number of hydrogen-bond donors (Lipinski definition) is 0. The van der Waals surface area contributed by atoms with Gasteiger partial charge >= 0.3 is 0 Å². The normalized spacial score (nSPS) is 19.8. The van der Waals surface area contributed by atoms with Crippen molar-refractivity contribution in [3.8, 4) is 17.3 Å². The predicted molar refractivity (Wildman–Crippen MR) is 123 cm³/mol. The number of carbonyl (C=O) groups is 1. The minimum Gasteiger partial charge on any atom is -0.497 e. The van der Waals surface area contributed by atoms with Crippen LogP contribution in [-0.2, 0) is 22.4 Å². The SMILES string of the molecule is COc1cccc(CC(=O)N2CCC3(CC2)CC(Cc2nc(-c4cnccn4)no2)CCO3)c1. The number of likely N-dealkylation sites (tertiary alicyclic amines) is 1. The fraction of sp³-hybridized carbons (Fsp3) is 0.480. The number of nitrogens with zero attached hydrogens (tertiary/aromatic N) is 5. The molecular formula is C25H29N5O4. The average Bonchev–Trinajstić information content (AvgIpc) is 3.33. The topological polar surface area (TPSA) is 103 Å². The van der Waals surface area contributed by atoms with E-state index in [2.05, 4.69) is 20.1 Å². The Balaban J connectivity index is 1.15. The molecule has 1 unspecified atom stereocenters. The Morgan fingerprint density at radius 3 is 2.94 bits per heavy atom. The lowest BCUT2D eigenvalue weighted by Crippen LogP contribution is -2.51. The Morgan fingerprint density at radius 1 is 1.26 bits per heavy atom. The van der Waals surface area contributed by atoms with Crippen molar-refractivity contribution in [3.63, 3.8) is 0 Å². The minimum absolute atomic E-state index is 0.151. The molecule has 1 spiro atoms. The standard InChI is InChI=1S/C25H29N5O4/c1-32-20-4-2-3-18(13-20)15-23(31)30-10-6-25(7-11-30)16-19(5-12-33-25)14-22-28-24(29-34-22)21-17-26-8-9-27-21/h2-4,8-9,13,17,19H,5-7,10-12,14-16H2,1H3. The summed E-state index contributed by atoms with van der Waals surface area (Å²) in [7, 11) is 1.64. The zero-order valence-electron chi connectivity index (χ0n) is 19.4. The third-order valence-electron chi connectivity index (χ3n) is 6.84. The lowest BCUT2D eigenvalue weighted by atomic mass is 9.78. The van der Waals surface area contributed by atoms with E-state index in [1.807, 2.05) is 29.2 Å². The molecule has 4 heterocycles.